The Bertz CT molecular complexity index is 341. The van der Waals surface area contributed by atoms with Crippen molar-refractivity contribution in [2.45, 2.75) is 58.3 Å². The second-order valence-corrected chi connectivity index (χ2v) is 7.07. The van der Waals surface area contributed by atoms with E-state index in [9.17, 15) is 0 Å². The maximum absolute atomic E-state index is 4.39. The first kappa shape index (κ1) is 15.4. The highest BCUT2D eigenvalue weighted by molar-refractivity contribution is 7.99. The fourth-order valence-electron chi connectivity index (χ4n) is 1.26. The van der Waals surface area contributed by atoms with E-state index in [1.807, 2.05) is 12.4 Å². The summed E-state index contributed by atoms with van der Waals surface area (Å²) in [7, 11) is 0. The molecule has 1 aromatic rings. The fourth-order valence-corrected chi connectivity index (χ4v) is 2.29. The number of rotatable bonds is 6. The van der Waals surface area contributed by atoms with Crippen LogP contribution >= 0.6 is 11.8 Å². The van der Waals surface area contributed by atoms with Crippen molar-refractivity contribution in [2.75, 3.05) is 5.75 Å². The van der Waals surface area contributed by atoms with Crippen LogP contribution in [0.1, 0.15) is 46.6 Å². The largest absolute Gasteiger partial charge is 0.308 e. The highest BCUT2D eigenvalue weighted by atomic mass is 32.2. The molecule has 1 rings (SSSR count). The molecule has 0 aliphatic heterocycles. The molecule has 0 bridgehead atoms. The van der Waals surface area contributed by atoms with Gasteiger partial charge in [-0.05, 0) is 33.1 Å². The summed E-state index contributed by atoms with van der Waals surface area (Å²) in [6, 6.07) is 0. The molecule has 1 aromatic heterocycles. The van der Waals surface area contributed by atoms with Crippen molar-refractivity contribution in [1.29, 1.82) is 0 Å². The van der Waals surface area contributed by atoms with Crippen molar-refractivity contribution in [3.05, 3.63) is 18.0 Å². The molecule has 0 saturated carbocycles. The van der Waals surface area contributed by atoms with E-state index in [0.717, 1.165) is 28.9 Å². The van der Waals surface area contributed by atoms with Crippen LogP contribution in [0.4, 0.5) is 0 Å². The van der Waals surface area contributed by atoms with Gasteiger partial charge < -0.3 is 5.32 Å². The number of thioether (sulfide) groups is 1. The van der Waals surface area contributed by atoms with Gasteiger partial charge in [-0.2, -0.15) is 0 Å². The minimum atomic E-state index is 0.130. The lowest BCUT2D eigenvalue weighted by Gasteiger charge is -2.20. The highest BCUT2D eigenvalue weighted by Crippen LogP contribution is 2.16. The summed E-state index contributed by atoms with van der Waals surface area (Å²) in [5.74, 6) is 1.84. The smallest absolute Gasteiger partial charge is 0.187 e. The topological polar surface area (TPSA) is 37.8 Å². The van der Waals surface area contributed by atoms with E-state index in [0.29, 0.717) is 0 Å². The third-order valence-electron chi connectivity index (χ3n) is 2.43. The van der Waals surface area contributed by atoms with Crippen LogP contribution in [0.25, 0.3) is 0 Å². The lowest BCUT2D eigenvalue weighted by atomic mass is 10.1. The number of aromatic nitrogens is 2. The molecule has 0 aliphatic rings. The van der Waals surface area contributed by atoms with Crippen LogP contribution in [-0.4, -0.2) is 21.3 Å². The zero-order valence-corrected chi connectivity index (χ0v) is 13.0. The molecule has 0 atom stereocenters. The molecule has 0 unspecified atom stereocenters. The average molecular weight is 267 g/mol. The molecule has 0 spiro atoms. The van der Waals surface area contributed by atoms with Crippen molar-refractivity contribution in [3.8, 4) is 0 Å². The van der Waals surface area contributed by atoms with E-state index in [1.165, 1.54) is 6.42 Å². The molecule has 1 N–H and O–H groups in total. The van der Waals surface area contributed by atoms with Gasteiger partial charge in [0.15, 0.2) is 5.16 Å². The molecular formula is C14H25N3S. The summed E-state index contributed by atoms with van der Waals surface area (Å²) >= 11 is 1.74. The van der Waals surface area contributed by atoms with Crippen LogP contribution in [0.2, 0.25) is 0 Å². The van der Waals surface area contributed by atoms with E-state index in [1.54, 1.807) is 11.8 Å². The summed E-state index contributed by atoms with van der Waals surface area (Å²) in [5, 5.41) is 4.31. The van der Waals surface area contributed by atoms with E-state index in [2.05, 4.69) is 49.9 Å². The van der Waals surface area contributed by atoms with Crippen LogP contribution in [0.3, 0.4) is 0 Å². The SMILES string of the molecule is CC(C)CCSc1ncc(CNC(C)(C)C)cn1. The highest BCUT2D eigenvalue weighted by Gasteiger charge is 2.08. The predicted molar refractivity (Wildman–Crippen MR) is 78.8 cm³/mol. The third-order valence-corrected chi connectivity index (χ3v) is 3.34. The molecule has 3 nitrogen and oxygen atoms in total. The summed E-state index contributed by atoms with van der Waals surface area (Å²) < 4.78 is 0. The van der Waals surface area contributed by atoms with Crippen LogP contribution in [0.5, 0.6) is 0 Å². The van der Waals surface area contributed by atoms with Crippen molar-refractivity contribution in [3.63, 3.8) is 0 Å². The average Bonchev–Trinajstić information content (AvgIpc) is 2.26. The Morgan fingerprint density at radius 3 is 2.33 bits per heavy atom. The second-order valence-electron chi connectivity index (χ2n) is 6.01. The Morgan fingerprint density at radius 2 is 1.83 bits per heavy atom. The Balaban J connectivity index is 2.38. The second kappa shape index (κ2) is 7.10. The van der Waals surface area contributed by atoms with Crippen LogP contribution < -0.4 is 5.32 Å². The molecular weight excluding hydrogens is 242 g/mol. The van der Waals surface area contributed by atoms with Crippen LogP contribution in [0.15, 0.2) is 17.6 Å². The van der Waals surface area contributed by atoms with Crippen molar-refractivity contribution in [1.82, 2.24) is 15.3 Å². The number of hydrogen-bond acceptors (Lipinski definition) is 4. The Hall–Kier alpha value is -0.610. The third kappa shape index (κ3) is 6.97. The van der Waals surface area contributed by atoms with Gasteiger partial charge in [0.25, 0.3) is 0 Å². The van der Waals surface area contributed by atoms with Gasteiger partial charge in [-0.3, -0.25) is 0 Å². The number of nitrogens with zero attached hydrogens (tertiary/aromatic N) is 2. The minimum Gasteiger partial charge on any atom is -0.308 e. The van der Waals surface area contributed by atoms with Gasteiger partial charge in [0.1, 0.15) is 0 Å². The Morgan fingerprint density at radius 1 is 1.22 bits per heavy atom. The molecule has 102 valence electrons. The summed E-state index contributed by atoms with van der Waals surface area (Å²) in [6.45, 7) is 11.8. The first-order valence-corrected chi connectivity index (χ1v) is 7.54. The monoisotopic (exact) mass is 267 g/mol. The lowest BCUT2D eigenvalue weighted by Crippen LogP contribution is -2.35. The maximum Gasteiger partial charge on any atom is 0.187 e. The van der Waals surface area contributed by atoms with Gasteiger partial charge in [0, 0.05) is 35.8 Å². The Labute approximate surface area is 115 Å². The molecule has 0 radical (unpaired) electrons. The Kier molecular flexibility index (Phi) is 6.09. The quantitative estimate of drug-likeness (QED) is 0.632. The zero-order valence-electron chi connectivity index (χ0n) is 12.2. The standard InChI is InChI=1S/C14H25N3S/c1-11(2)6-7-18-13-15-8-12(9-16-13)10-17-14(3,4)5/h8-9,11,17H,6-7,10H2,1-5H3. The van der Waals surface area contributed by atoms with Gasteiger partial charge in [0.2, 0.25) is 0 Å². The van der Waals surface area contributed by atoms with Gasteiger partial charge in [0.05, 0.1) is 0 Å². The molecule has 0 saturated heterocycles. The maximum atomic E-state index is 4.39. The van der Waals surface area contributed by atoms with Gasteiger partial charge in [-0.25, -0.2) is 9.97 Å². The van der Waals surface area contributed by atoms with Crippen molar-refractivity contribution in [2.24, 2.45) is 5.92 Å². The first-order chi connectivity index (χ1) is 8.37. The predicted octanol–water partition coefficient (Wildman–Crippen LogP) is 3.50. The van der Waals surface area contributed by atoms with E-state index >= 15 is 0 Å². The van der Waals surface area contributed by atoms with Gasteiger partial charge in [-0.15, -0.1) is 0 Å². The molecule has 4 heteroatoms. The molecule has 0 aliphatic carbocycles. The molecule has 18 heavy (non-hydrogen) atoms. The summed E-state index contributed by atoms with van der Waals surface area (Å²) in [6.07, 6.45) is 5.05. The number of nitrogens with one attached hydrogen (secondary N) is 1. The summed E-state index contributed by atoms with van der Waals surface area (Å²) in [5.41, 5.74) is 1.27. The normalized spacial score (nSPS) is 12.1. The van der Waals surface area contributed by atoms with Crippen LogP contribution in [0, 0.1) is 5.92 Å². The van der Waals surface area contributed by atoms with E-state index in [4.69, 9.17) is 0 Å². The van der Waals surface area contributed by atoms with Crippen molar-refractivity contribution >= 4 is 11.8 Å². The lowest BCUT2D eigenvalue weighted by molar-refractivity contribution is 0.423. The molecule has 0 amide bonds. The molecule has 0 aromatic carbocycles. The first-order valence-electron chi connectivity index (χ1n) is 6.55. The zero-order chi connectivity index (χ0) is 13.6. The van der Waals surface area contributed by atoms with Crippen LogP contribution in [-0.2, 0) is 6.54 Å². The molecule has 0 fully saturated rings. The molecule has 1 heterocycles. The fraction of sp³-hybridized carbons (Fsp3) is 0.714. The van der Waals surface area contributed by atoms with Gasteiger partial charge >= 0.3 is 0 Å². The van der Waals surface area contributed by atoms with Crippen molar-refractivity contribution < 1.29 is 0 Å². The number of hydrogen-bond donors (Lipinski definition) is 1. The van der Waals surface area contributed by atoms with E-state index < -0.39 is 0 Å². The minimum absolute atomic E-state index is 0.130. The summed E-state index contributed by atoms with van der Waals surface area (Å²) in [4.78, 5) is 8.78. The van der Waals surface area contributed by atoms with E-state index in [-0.39, 0.29) is 5.54 Å². The van der Waals surface area contributed by atoms with Gasteiger partial charge in [-0.1, -0.05) is 25.6 Å².